The maximum Gasteiger partial charge on any atom is 0.164 e. The summed E-state index contributed by atoms with van der Waals surface area (Å²) in [7, 11) is 0. The second kappa shape index (κ2) is 15.4. The van der Waals surface area contributed by atoms with Crippen LogP contribution in [0.4, 0.5) is 0 Å². The zero-order valence-electron chi connectivity index (χ0n) is 34.7. The van der Waals surface area contributed by atoms with Crippen LogP contribution in [0.2, 0.25) is 0 Å². The van der Waals surface area contributed by atoms with Gasteiger partial charge in [0.25, 0.3) is 0 Å². The third-order valence-electron chi connectivity index (χ3n) is 12.7. The van der Waals surface area contributed by atoms with Gasteiger partial charge >= 0.3 is 0 Å². The summed E-state index contributed by atoms with van der Waals surface area (Å²) in [5, 5.41) is 0. The molecule has 0 N–H and O–H groups in total. The van der Waals surface area contributed by atoms with Crippen LogP contribution in [0.25, 0.3) is 67.3 Å². The average molecular weight is 794 g/mol. The highest BCUT2D eigenvalue weighted by Gasteiger charge is 2.54. The van der Waals surface area contributed by atoms with E-state index < -0.39 is 5.41 Å². The van der Waals surface area contributed by atoms with Gasteiger partial charge in [0.2, 0.25) is 0 Å². The van der Waals surface area contributed by atoms with E-state index in [0.29, 0.717) is 17.5 Å². The Morgan fingerprint density at radius 2 is 0.903 bits per heavy atom. The molecule has 0 radical (unpaired) electrons. The number of allylic oxidation sites excluding steroid dienone is 10. The lowest BCUT2D eigenvalue weighted by atomic mass is 9.67. The number of rotatable bonds is 6. The van der Waals surface area contributed by atoms with E-state index in [9.17, 15) is 0 Å². The molecule has 1 aromatic heterocycles. The van der Waals surface area contributed by atoms with E-state index in [1.165, 1.54) is 50.1 Å². The van der Waals surface area contributed by atoms with E-state index in [1.807, 2.05) is 12.1 Å². The second-order valence-corrected chi connectivity index (χ2v) is 16.3. The fourth-order valence-electron chi connectivity index (χ4n) is 9.95. The van der Waals surface area contributed by atoms with E-state index in [4.69, 9.17) is 15.0 Å². The van der Waals surface area contributed by atoms with Crippen LogP contribution < -0.4 is 0 Å². The van der Waals surface area contributed by atoms with Crippen molar-refractivity contribution in [2.75, 3.05) is 0 Å². The summed E-state index contributed by atoms with van der Waals surface area (Å²) in [6, 6.07) is 65.0. The van der Waals surface area contributed by atoms with Crippen molar-refractivity contribution in [3.05, 3.63) is 258 Å². The lowest BCUT2D eigenvalue weighted by Gasteiger charge is -2.34. The fourth-order valence-corrected chi connectivity index (χ4v) is 9.95. The Morgan fingerprint density at radius 1 is 0.452 bits per heavy atom. The van der Waals surface area contributed by atoms with Gasteiger partial charge in [0.1, 0.15) is 0 Å². The summed E-state index contributed by atoms with van der Waals surface area (Å²) in [5.74, 6) is 1.97. The molecule has 8 aromatic rings. The van der Waals surface area contributed by atoms with Crippen molar-refractivity contribution in [1.82, 2.24) is 15.0 Å². The maximum atomic E-state index is 5.27. The summed E-state index contributed by atoms with van der Waals surface area (Å²) in [6.07, 6.45) is 13.5. The first-order chi connectivity index (χ1) is 30.6. The highest BCUT2D eigenvalue weighted by molar-refractivity contribution is 6.01. The Balaban J connectivity index is 1.09. The Morgan fingerprint density at radius 3 is 1.44 bits per heavy atom. The molecule has 0 saturated heterocycles. The molecule has 1 unspecified atom stereocenters. The van der Waals surface area contributed by atoms with Crippen LogP contribution in [0.5, 0.6) is 0 Å². The number of nitrogens with zero attached hydrogens (tertiary/aromatic N) is 3. The Labute approximate surface area is 363 Å². The van der Waals surface area contributed by atoms with Crippen molar-refractivity contribution in [2.45, 2.75) is 19.3 Å². The van der Waals surface area contributed by atoms with Crippen molar-refractivity contribution in [3.8, 4) is 56.2 Å². The maximum absolute atomic E-state index is 5.27. The predicted molar refractivity (Wildman–Crippen MR) is 256 cm³/mol. The van der Waals surface area contributed by atoms with E-state index in [-0.39, 0.29) is 5.92 Å². The zero-order chi connectivity index (χ0) is 41.6. The lowest BCUT2D eigenvalue weighted by molar-refractivity contribution is 0.758. The number of hydrogen-bond donors (Lipinski definition) is 0. The van der Waals surface area contributed by atoms with Gasteiger partial charge in [-0.15, -0.1) is 0 Å². The van der Waals surface area contributed by atoms with Crippen molar-refractivity contribution >= 4 is 11.1 Å². The number of aromatic nitrogens is 3. The molecule has 1 spiro atoms. The van der Waals surface area contributed by atoms with Crippen LogP contribution in [-0.4, -0.2) is 15.0 Å². The van der Waals surface area contributed by atoms with Crippen molar-refractivity contribution < 1.29 is 0 Å². The summed E-state index contributed by atoms with van der Waals surface area (Å²) < 4.78 is 0. The predicted octanol–water partition coefficient (Wildman–Crippen LogP) is 14.4. The molecule has 0 fully saturated rings. The first kappa shape index (κ1) is 37.3. The van der Waals surface area contributed by atoms with E-state index in [1.54, 1.807) is 0 Å². The van der Waals surface area contributed by atoms with E-state index in [2.05, 4.69) is 220 Å². The molecular formula is C59H43N3. The van der Waals surface area contributed by atoms with Crippen molar-refractivity contribution in [3.63, 3.8) is 0 Å². The number of hydrogen-bond acceptors (Lipinski definition) is 3. The summed E-state index contributed by atoms with van der Waals surface area (Å²) in [6.45, 7) is 4.41. The molecule has 62 heavy (non-hydrogen) atoms. The first-order valence-electron chi connectivity index (χ1n) is 21.5. The summed E-state index contributed by atoms with van der Waals surface area (Å²) in [4.78, 5) is 15.7. The largest absolute Gasteiger partial charge is 0.208 e. The van der Waals surface area contributed by atoms with Gasteiger partial charge in [-0.05, 0) is 91.4 Å². The fraction of sp³-hybridized carbons (Fsp3) is 0.0678. The highest BCUT2D eigenvalue weighted by atomic mass is 15.0. The van der Waals surface area contributed by atoms with E-state index in [0.717, 1.165) is 39.0 Å². The minimum absolute atomic E-state index is 0.0385. The molecule has 1 atom stereocenters. The quantitative estimate of drug-likeness (QED) is 0.168. The van der Waals surface area contributed by atoms with Gasteiger partial charge in [0.15, 0.2) is 17.5 Å². The zero-order valence-corrected chi connectivity index (χ0v) is 34.7. The third kappa shape index (κ3) is 6.08. The van der Waals surface area contributed by atoms with Crippen LogP contribution >= 0.6 is 0 Å². The minimum Gasteiger partial charge on any atom is -0.208 e. The van der Waals surface area contributed by atoms with Gasteiger partial charge in [-0.2, -0.15) is 0 Å². The molecule has 0 amide bonds. The molecule has 3 aliphatic rings. The van der Waals surface area contributed by atoms with Gasteiger partial charge < -0.3 is 0 Å². The molecule has 3 aliphatic carbocycles. The van der Waals surface area contributed by atoms with Crippen LogP contribution in [-0.2, 0) is 5.41 Å². The SMILES string of the molecule is C\C=C/C=C1\C(=C2\C=CC(c3nc(-c4cccc(-c5ccccc5)c4)nc(-c4cccc(-c5ccccc5)c4)n3)=CC2C)C2(c3ccccc31)c1ccccc1-c1ccccc12. The van der Waals surface area contributed by atoms with Crippen LogP contribution in [0.3, 0.4) is 0 Å². The molecule has 1 heterocycles. The average Bonchev–Trinajstić information content (AvgIpc) is 3.80. The molecular weight excluding hydrogens is 751 g/mol. The van der Waals surface area contributed by atoms with Crippen LogP contribution in [0.1, 0.15) is 41.9 Å². The Kier molecular flexibility index (Phi) is 9.24. The van der Waals surface area contributed by atoms with Crippen LogP contribution in [0.15, 0.2) is 230 Å². The van der Waals surface area contributed by atoms with Gasteiger partial charge in [0, 0.05) is 22.6 Å². The molecule has 3 heteroatoms. The standard InChI is InChI=1S/C59H43N3/c1-3-4-27-51-50-30-13-16-33-54(50)59(52-31-14-11-28-48(52)49-29-12-15-32-53(49)59)55(51)47-35-34-46(36-39(47)2)58-61-56(44-25-17-23-42(37-44)40-19-7-5-8-20-40)60-57(62-58)45-26-18-24-43(38-45)41-21-9-6-10-22-41/h3-39H,1-2H3/b4-3-,51-27-,55-47+. The summed E-state index contributed by atoms with van der Waals surface area (Å²) >= 11 is 0. The van der Waals surface area contributed by atoms with Gasteiger partial charge in [-0.1, -0.05) is 213 Å². The molecule has 3 nitrogen and oxygen atoms in total. The molecule has 11 rings (SSSR count). The molecule has 0 bridgehead atoms. The third-order valence-corrected chi connectivity index (χ3v) is 12.7. The monoisotopic (exact) mass is 793 g/mol. The molecule has 294 valence electrons. The first-order valence-corrected chi connectivity index (χ1v) is 21.5. The van der Waals surface area contributed by atoms with Gasteiger partial charge in [0.05, 0.1) is 5.41 Å². The Bertz CT molecular complexity index is 3050. The molecule has 7 aromatic carbocycles. The Hall–Kier alpha value is -7.75. The van der Waals surface area contributed by atoms with Crippen molar-refractivity contribution in [2.24, 2.45) is 5.92 Å². The second-order valence-electron chi connectivity index (χ2n) is 16.3. The molecule has 0 saturated carbocycles. The highest BCUT2D eigenvalue weighted by Crippen LogP contribution is 2.65. The van der Waals surface area contributed by atoms with Crippen LogP contribution in [0, 0.1) is 5.92 Å². The smallest absolute Gasteiger partial charge is 0.164 e. The molecule has 0 aliphatic heterocycles. The summed E-state index contributed by atoms with van der Waals surface area (Å²) in [5.41, 5.74) is 18.6. The lowest BCUT2D eigenvalue weighted by Crippen LogP contribution is -2.28. The van der Waals surface area contributed by atoms with Gasteiger partial charge in [-0.3, -0.25) is 0 Å². The van der Waals surface area contributed by atoms with Crippen molar-refractivity contribution in [1.29, 1.82) is 0 Å². The van der Waals surface area contributed by atoms with E-state index >= 15 is 0 Å². The normalized spacial score (nSPS) is 17.6. The number of fused-ring (bicyclic) bond motifs is 7. The number of benzene rings is 7. The van der Waals surface area contributed by atoms with Gasteiger partial charge in [-0.25, -0.2) is 15.0 Å². The minimum atomic E-state index is -0.475. The topological polar surface area (TPSA) is 38.7 Å².